The van der Waals surface area contributed by atoms with Gasteiger partial charge in [0.2, 0.25) is 0 Å². The van der Waals surface area contributed by atoms with Crippen LogP contribution >= 0.6 is 15.9 Å². The second-order valence-electron chi connectivity index (χ2n) is 5.51. The molecule has 0 saturated heterocycles. The van der Waals surface area contributed by atoms with E-state index in [2.05, 4.69) is 45.5 Å². The van der Waals surface area contributed by atoms with E-state index < -0.39 is 0 Å². The maximum absolute atomic E-state index is 9.15. The Morgan fingerprint density at radius 3 is 2.65 bits per heavy atom. The molecule has 0 aliphatic rings. The molecule has 0 amide bonds. The summed E-state index contributed by atoms with van der Waals surface area (Å²) in [7, 11) is 0. The Morgan fingerprint density at radius 2 is 1.87 bits per heavy atom. The van der Waals surface area contributed by atoms with E-state index >= 15 is 0 Å². The van der Waals surface area contributed by atoms with Gasteiger partial charge in [0, 0.05) is 16.5 Å². The molecule has 0 radical (unpaired) electrons. The summed E-state index contributed by atoms with van der Waals surface area (Å²) in [6.45, 7) is 0.199. The van der Waals surface area contributed by atoms with Gasteiger partial charge in [0.25, 0.3) is 0 Å². The van der Waals surface area contributed by atoms with Crippen molar-refractivity contribution in [2.45, 2.75) is 18.9 Å². The van der Waals surface area contributed by atoms with Crippen LogP contribution in [0.4, 0.5) is 5.82 Å². The number of halogens is 1. The number of nitrogens with one attached hydrogen (secondary N) is 1. The van der Waals surface area contributed by atoms with Crippen molar-refractivity contribution in [1.82, 2.24) is 4.98 Å². The molecular weight excluding hydrogens is 352 g/mol. The molecule has 0 bridgehead atoms. The minimum absolute atomic E-state index is 0.142. The molecule has 0 saturated carbocycles. The van der Waals surface area contributed by atoms with E-state index in [1.165, 1.54) is 5.56 Å². The van der Waals surface area contributed by atoms with Crippen LogP contribution in [0.1, 0.15) is 24.4 Å². The lowest BCUT2D eigenvalue weighted by atomic mass is 10.0. The van der Waals surface area contributed by atoms with Crippen LogP contribution in [0.15, 0.2) is 65.1 Å². The van der Waals surface area contributed by atoms with Crippen molar-refractivity contribution >= 4 is 32.7 Å². The number of pyridine rings is 1. The molecule has 0 spiro atoms. The van der Waals surface area contributed by atoms with Crippen LogP contribution < -0.4 is 5.32 Å². The molecule has 1 unspecified atom stereocenters. The Kier molecular flexibility index (Phi) is 5.26. The van der Waals surface area contributed by atoms with Crippen molar-refractivity contribution in [2.75, 3.05) is 11.9 Å². The van der Waals surface area contributed by atoms with Gasteiger partial charge in [-0.1, -0.05) is 46.3 Å². The maximum Gasteiger partial charge on any atom is 0.127 e. The summed E-state index contributed by atoms with van der Waals surface area (Å²) in [5, 5.41) is 13.8. The molecule has 3 rings (SSSR count). The summed E-state index contributed by atoms with van der Waals surface area (Å²) in [5.74, 6) is 0.853. The van der Waals surface area contributed by atoms with Crippen molar-refractivity contribution in [3.63, 3.8) is 0 Å². The van der Waals surface area contributed by atoms with Crippen molar-refractivity contribution in [3.8, 4) is 0 Å². The van der Waals surface area contributed by atoms with Gasteiger partial charge >= 0.3 is 0 Å². The highest BCUT2D eigenvalue weighted by Crippen LogP contribution is 2.25. The predicted octanol–water partition coefficient (Wildman–Crippen LogP) is 4.92. The van der Waals surface area contributed by atoms with Crippen LogP contribution in [0.3, 0.4) is 0 Å². The van der Waals surface area contributed by atoms with Crippen molar-refractivity contribution in [2.24, 2.45) is 0 Å². The second kappa shape index (κ2) is 7.57. The average molecular weight is 371 g/mol. The van der Waals surface area contributed by atoms with Gasteiger partial charge in [-0.2, -0.15) is 0 Å². The minimum Gasteiger partial charge on any atom is -0.396 e. The van der Waals surface area contributed by atoms with Crippen molar-refractivity contribution in [1.29, 1.82) is 0 Å². The zero-order chi connectivity index (χ0) is 16.1. The van der Waals surface area contributed by atoms with Gasteiger partial charge in [0.05, 0.1) is 11.6 Å². The van der Waals surface area contributed by atoms with Gasteiger partial charge in [-0.3, -0.25) is 0 Å². The lowest BCUT2D eigenvalue weighted by Crippen LogP contribution is -2.12. The highest BCUT2D eigenvalue weighted by Gasteiger charge is 2.11. The molecule has 1 aromatic heterocycles. The third-order valence-corrected chi connectivity index (χ3v) is 4.32. The first-order valence-electron chi connectivity index (χ1n) is 7.75. The number of hydrogen-bond donors (Lipinski definition) is 2. The Bertz CT molecular complexity index is 777. The topological polar surface area (TPSA) is 45.1 Å². The molecule has 1 heterocycles. The van der Waals surface area contributed by atoms with E-state index in [0.29, 0.717) is 0 Å². The first kappa shape index (κ1) is 16.0. The molecule has 4 heteroatoms. The van der Waals surface area contributed by atoms with Gasteiger partial charge in [-0.15, -0.1) is 0 Å². The Hall–Kier alpha value is -1.91. The largest absolute Gasteiger partial charge is 0.396 e. The highest BCUT2D eigenvalue weighted by molar-refractivity contribution is 9.10. The first-order chi connectivity index (χ1) is 11.3. The first-order valence-corrected chi connectivity index (χ1v) is 8.54. The van der Waals surface area contributed by atoms with Crippen LogP contribution in [0.25, 0.3) is 10.9 Å². The molecule has 23 heavy (non-hydrogen) atoms. The van der Waals surface area contributed by atoms with E-state index in [4.69, 9.17) is 10.1 Å². The van der Waals surface area contributed by atoms with Gasteiger partial charge in [-0.25, -0.2) is 4.98 Å². The normalized spacial score (nSPS) is 12.3. The fraction of sp³-hybridized carbons (Fsp3) is 0.211. The zero-order valence-corrected chi connectivity index (χ0v) is 14.3. The molecule has 118 valence electrons. The van der Waals surface area contributed by atoms with E-state index in [-0.39, 0.29) is 12.6 Å². The summed E-state index contributed by atoms with van der Waals surface area (Å²) >= 11 is 3.48. The number of aliphatic hydroxyl groups excluding tert-OH is 1. The SMILES string of the molecule is OCCCC(Nc1ccc2cc(Br)ccc2n1)c1ccccc1. The smallest absolute Gasteiger partial charge is 0.127 e. The Morgan fingerprint density at radius 1 is 1.04 bits per heavy atom. The van der Waals surface area contributed by atoms with E-state index in [1.54, 1.807) is 0 Å². The number of anilines is 1. The quantitative estimate of drug-likeness (QED) is 0.646. The molecular formula is C19H19BrN2O. The predicted molar refractivity (Wildman–Crippen MR) is 98.6 cm³/mol. The number of aromatic nitrogens is 1. The lowest BCUT2D eigenvalue weighted by Gasteiger charge is -2.20. The summed E-state index contributed by atoms with van der Waals surface area (Å²) < 4.78 is 1.05. The highest BCUT2D eigenvalue weighted by atomic mass is 79.9. The van der Waals surface area contributed by atoms with Crippen molar-refractivity contribution in [3.05, 3.63) is 70.7 Å². The number of nitrogens with zero attached hydrogens (tertiary/aromatic N) is 1. The molecule has 3 nitrogen and oxygen atoms in total. The third-order valence-electron chi connectivity index (χ3n) is 3.83. The van der Waals surface area contributed by atoms with Gasteiger partial charge in [0.15, 0.2) is 0 Å². The number of hydrogen-bond acceptors (Lipinski definition) is 3. The maximum atomic E-state index is 9.15. The molecule has 2 aromatic carbocycles. The van der Waals surface area contributed by atoms with E-state index in [9.17, 15) is 0 Å². The summed E-state index contributed by atoms with van der Waals surface area (Å²) in [5.41, 5.74) is 2.17. The van der Waals surface area contributed by atoms with Gasteiger partial charge in [-0.05, 0) is 48.7 Å². The minimum atomic E-state index is 0.142. The monoisotopic (exact) mass is 370 g/mol. The average Bonchev–Trinajstić information content (AvgIpc) is 2.59. The van der Waals surface area contributed by atoms with Crippen LogP contribution in [0, 0.1) is 0 Å². The lowest BCUT2D eigenvalue weighted by molar-refractivity contribution is 0.281. The summed E-state index contributed by atoms with van der Waals surface area (Å²) in [6.07, 6.45) is 1.62. The summed E-state index contributed by atoms with van der Waals surface area (Å²) in [4.78, 5) is 4.70. The summed E-state index contributed by atoms with van der Waals surface area (Å²) in [6, 6.07) is 20.6. The zero-order valence-electron chi connectivity index (χ0n) is 12.7. The molecule has 0 aliphatic carbocycles. The number of aliphatic hydroxyl groups is 1. The van der Waals surface area contributed by atoms with E-state index in [0.717, 1.165) is 34.0 Å². The second-order valence-corrected chi connectivity index (χ2v) is 6.42. The van der Waals surface area contributed by atoms with Gasteiger partial charge in [0.1, 0.15) is 5.82 Å². The van der Waals surface area contributed by atoms with Gasteiger partial charge < -0.3 is 10.4 Å². The third kappa shape index (κ3) is 4.09. The standard InChI is InChI=1S/C19H19BrN2O/c20-16-9-10-18-15(13-16)8-11-19(22-18)21-17(7-4-12-23)14-5-2-1-3-6-14/h1-3,5-6,8-11,13,17,23H,4,7,12H2,(H,21,22). The van der Waals surface area contributed by atoms with E-state index in [1.807, 2.05) is 36.4 Å². The molecule has 3 aromatic rings. The molecule has 2 N–H and O–H groups in total. The molecule has 0 fully saturated rings. The number of rotatable bonds is 6. The van der Waals surface area contributed by atoms with Crippen LogP contribution in [0.5, 0.6) is 0 Å². The van der Waals surface area contributed by atoms with Crippen LogP contribution in [0.2, 0.25) is 0 Å². The Balaban J connectivity index is 1.85. The fourth-order valence-corrected chi connectivity index (χ4v) is 3.04. The Labute approximate surface area is 144 Å². The van der Waals surface area contributed by atoms with Crippen LogP contribution in [-0.4, -0.2) is 16.7 Å². The fourth-order valence-electron chi connectivity index (χ4n) is 2.66. The van der Waals surface area contributed by atoms with Crippen LogP contribution in [-0.2, 0) is 0 Å². The number of benzene rings is 2. The van der Waals surface area contributed by atoms with Crippen molar-refractivity contribution < 1.29 is 5.11 Å². The molecule has 0 aliphatic heterocycles. The molecule has 1 atom stereocenters. The number of fused-ring (bicyclic) bond motifs is 1.